The second-order valence-electron chi connectivity index (χ2n) is 6.51. The molecular formula is C14H22F2N2O. The second kappa shape index (κ2) is 5.00. The molecule has 0 bridgehead atoms. The van der Waals surface area contributed by atoms with Crippen molar-refractivity contribution in [3.8, 4) is 0 Å². The van der Waals surface area contributed by atoms with E-state index in [1.807, 2.05) is 0 Å². The van der Waals surface area contributed by atoms with E-state index < -0.39 is 5.92 Å². The highest BCUT2D eigenvalue weighted by molar-refractivity contribution is 5.81. The maximum atomic E-state index is 12.8. The van der Waals surface area contributed by atoms with Gasteiger partial charge in [-0.2, -0.15) is 0 Å². The molecule has 0 aromatic carbocycles. The van der Waals surface area contributed by atoms with Crippen LogP contribution in [0, 0.1) is 11.8 Å². The lowest BCUT2D eigenvalue weighted by molar-refractivity contribution is -0.124. The molecule has 108 valence electrons. The third kappa shape index (κ3) is 3.44. The number of nitrogens with zero attached hydrogens (tertiary/aromatic N) is 1. The van der Waals surface area contributed by atoms with Gasteiger partial charge in [-0.05, 0) is 38.1 Å². The Bertz CT molecular complexity index is 349. The predicted octanol–water partition coefficient (Wildman–Crippen LogP) is 2.02. The molecule has 19 heavy (non-hydrogen) atoms. The van der Waals surface area contributed by atoms with Gasteiger partial charge in [0.2, 0.25) is 11.8 Å². The van der Waals surface area contributed by atoms with Crippen molar-refractivity contribution in [1.82, 2.24) is 10.2 Å². The van der Waals surface area contributed by atoms with Gasteiger partial charge >= 0.3 is 0 Å². The van der Waals surface area contributed by atoms with E-state index in [0.29, 0.717) is 0 Å². The van der Waals surface area contributed by atoms with Gasteiger partial charge in [-0.15, -0.1) is 0 Å². The van der Waals surface area contributed by atoms with Gasteiger partial charge in [-0.1, -0.05) is 0 Å². The number of hydrogen-bond donors (Lipinski definition) is 1. The zero-order valence-electron chi connectivity index (χ0n) is 11.2. The van der Waals surface area contributed by atoms with Gasteiger partial charge in [0, 0.05) is 37.9 Å². The molecule has 1 heterocycles. The molecule has 1 unspecified atom stereocenters. The summed E-state index contributed by atoms with van der Waals surface area (Å²) in [5.74, 6) is -1.82. The fourth-order valence-corrected chi connectivity index (χ4v) is 3.28. The molecule has 1 saturated heterocycles. The Morgan fingerprint density at radius 1 is 1.26 bits per heavy atom. The molecule has 3 fully saturated rings. The van der Waals surface area contributed by atoms with Crippen LogP contribution in [0.2, 0.25) is 0 Å². The molecule has 0 radical (unpaired) electrons. The smallest absolute Gasteiger partial charge is 0.248 e. The number of halogens is 2. The van der Waals surface area contributed by atoms with Crippen molar-refractivity contribution < 1.29 is 13.6 Å². The number of rotatable bonds is 4. The van der Waals surface area contributed by atoms with Gasteiger partial charge < -0.3 is 10.2 Å². The Balaban J connectivity index is 1.41. The lowest BCUT2D eigenvalue weighted by atomic mass is 9.80. The van der Waals surface area contributed by atoms with Crippen molar-refractivity contribution >= 4 is 5.91 Å². The highest BCUT2D eigenvalue weighted by Crippen LogP contribution is 2.42. The summed E-state index contributed by atoms with van der Waals surface area (Å²) in [6.07, 6.45) is 4.22. The Labute approximate surface area is 112 Å². The van der Waals surface area contributed by atoms with Crippen LogP contribution >= 0.6 is 0 Å². The number of piperidine rings is 1. The molecule has 3 nitrogen and oxygen atoms in total. The van der Waals surface area contributed by atoms with E-state index in [4.69, 9.17) is 0 Å². The molecule has 1 atom stereocenters. The average Bonchev–Trinajstić information content (AvgIpc) is 3.10. The monoisotopic (exact) mass is 272 g/mol. The summed E-state index contributed by atoms with van der Waals surface area (Å²) in [5, 5.41) is 3.11. The lowest BCUT2D eigenvalue weighted by Gasteiger charge is -2.41. The zero-order chi connectivity index (χ0) is 13.5. The summed E-state index contributed by atoms with van der Waals surface area (Å²) in [4.78, 5) is 14.0. The fraction of sp³-hybridized carbons (Fsp3) is 0.929. The highest BCUT2D eigenvalue weighted by atomic mass is 19.3. The second-order valence-corrected chi connectivity index (χ2v) is 6.51. The normalized spacial score (nSPS) is 31.8. The Morgan fingerprint density at radius 3 is 2.63 bits per heavy atom. The van der Waals surface area contributed by atoms with Crippen molar-refractivity contribution in [1.29, 1.82) is 0 Å². The predicted molar refractivity (Wildman–Crippen MR) is 68.0 cm³/mol. The Kier molecular flexibility index (Phi) is 3.50. The lowest BCUT2D eigenvalue weighted by Crippen LogP contribution is -2.51. The molecule has 5 heteroatoms. The van der Waals surface area contributed by atoms with Gasteiger partial charge in [-0.3, -0.25) is 4.79 Å². The topological polar surface area (TPSA) is 32.3 Å². The van der Waals surface area contributed by atoms with Crippen molar-refractivity contribution in [3.05, 3.63) is 0 Å². The van der Waals surface area contributed by atoms with Gasteiger partial charge in [0.05, 0.1) is 0 Å². The molecule has 2 saturated carbocycles. The molecule has 0 aromatic heterocycles. The highest BCUT2D eigenvalue weighted by Gasteiger charge is 2.45. The van der Waals surface area contributed by atoms with Crippen LogP contribution in [0.5, 0.6) is 0 Å². The molecular weight excluding hydrogens is 250 g/mol. The number of alkyl halides is 2. The van der Waals surface area contributed by atoms with Gasteiger partial charge in [0.25, 0.3) is 0 Å². The molecule has 0 aromatic rings. The van der Waals surface area contributed by atoms with E-state index in [-0.39, 0.29) is 36.6 Å². The van der Waals surface area contributed by atoms with Crippen LogP contribution < -0.4 is 5.32 Å². The molecule has 1 N–H and O–H groups in total. The van der Waals surface area contributed by atoms with Crippen molar-refractivity contribution in [2.45, 2.75) is 50.5 Å². The summed E-state index contributed by atoms with van der Waals surface area (Å²) in [6.45, 7) is 2.59. The molecule has 3 aliphatic rings. The maximum absolute atomic E-state index is 12.8. The van der Waals surface area contributed by atoms with Crippen LogP contribution in [0.3, 0.4) is 0 Å². The van der Waals surface area contributed by atoms with Crippen LogP contribution in [-0.2, 0) is 4.79 Å². The van der Waals surface area contributed by atoms with Crippen LogP contribution in [0.25, 0.3) is 0 Å². The summed E-state index contributed by atoms with van der Waals surface area (Å²) < 4.78 is 25.6. The van der Waals surface area contributed by atoms with E-state index >= 15 is 0 Å². The number of carbonyl (C=O) groups excluding carboxylic acids is 1. The number of carbonyl (C=O) groups is 1. The summed E-state index contributed by atoms with van der Waals surface area (Å²) in [6, 6.07) is 0.224. The van der Waals surface area contributed by atoms with E-state index in [0.717, 1.165) is 45.3 Å². The van der Waals surface area contributed by atoms with Crippen LogP contribution in [0.1, 0.15) is 38.5 Å². The Morgan fingerprint density at radius 2 is 2.00 bits per heavy atom. The zero-order valence-corrected chi connectivity index (χ0v) is 11.2. The largest absolute Gasteiger partial charge is 0.352 e. The van der Waals surface area contributed by atoms with Gasteiger partial charge in [0.15, 0.2) is 0 Å². The van der Waals surface area contributed by atoms with E-state index in [9.17, 15) is 13.6 Å². The van der Waals surface area contributed by atoms with Gasteiger partial charge in [-0.25, -0.2) is 8.78 Å². The van der Waals surface area contributed by atoms with Crippen molar-refractivity contribution in [2.24, 2.45) is 11.8 Å². The van der Waals surface area contributed by atoms with E-state index in [1.165, 1.54) is 0 Å². The first-order valence-corrected chi connectivity index (χ1v) is 7.42. The molecule has 1 amide bonds. The van der Waals surface area contributed by atoms with Crippen LogP contribution in [0.15, 0.2) is 0 Å². The summed E-state index contributed by atoms with van der Waals surface area (Å²) in [7, 11) is 0. The standard InChI is InChI=1S/C14H22F2N2O/c15-14(16)6-10(7-14)8-18-5-1-2-12(9-18)17-13(19)11-3-4-11/h10-12H,1-9H2,(H,17,19). The average molecular weight is 272 g/mol. The number of nitrogens with one attached hydrogen (secondary N) is 1. The maximum Gasteiger partial charge on any atom is 0.248 e. The third-order valence-electron chi connectivity index (χ3n) is 4.49. The molecule has 1 aliphatic heterocycles. The van der Waals surface area contributed by atoms with Gasteiger partial charge in [0.1, 0.15) is 0 Å². The number of likely N-dealkylation sites (tertiary alicyclic amines) is 1. The summed E-state index contributed by atoms with van der Waals surface area (Å²) in [5.41, 5.74) is 0. The minimum absolute atomic E-state index is 0.0442. The minimum Gasteiger partial charge on any atom is -0.352 e. The molecule has 3 rings (SSSR count). The third-order valence-corrected chi connectivity index (χ3v) is 4.49. The quantitative estimate of drug-likeness (QED) is 0.849. The number of amides is 1. The Hall–Kier alpha value is -0.710. The van der Waals surface area contributed by atoms with E-state index in [1.54, 1.807) is 0 Å². The first-order chi connectivity index (χ1) is 9.02. The SMILES string of the molecule is O=C(NC1CCCN(CC2CC(F)(F)C2)C1)C1CC1. The number of hydrogen-bond acceptors (Lipinski definition) is 2. The van der Waals surface area contributed by atoms with Crippen LogP contribution in [0.4, 0.5) is 8.78 Å². The first kappa shape index (κ1) is 13.3. The minimum atomic E-state index is -2.42. The van der Waals surface area contributed by atoms with Crippen molar-refractivity contribution in [3.63, 3.8) is 0 Å². The van der Waals surface area contributed by atoms with E-state index in [2.05, 4.69) is 10.2 Å². The van der Waals surface area contributed by atoms with Crippen molar-refractivity contribution in [2.75, 3.05) is 19.6 Å². The summed E-state index contributed by atoms with van der Waals surface area (Å²) >= 11 is 0. The molecule has 2 aliphatic carbocycles. The first-order valence-electron chi connectivity index (χ1n) is 7.42. The fourth-order valence-electron chi connectivity index (χ4n) is 3.28. The van der Waals surface area contributed by atoms with Crippen LogP contribution in [-0.4, -0.2) is 42.4 Å². The molecule has 0 spiro atoms.